The highest BCUT2D eigenvalue weighted by atomic mass is 35.5. The molecule has 0 aliphatic heterocycles. The molecule has 1 unspecified atom stereocenters. The van der Waals surface area contributed by atoms with E-state index in [1.165, 1.54) is 6.07 Å². The number of hydrogen-bond acceptors (Lipinski definition) is 4. The second kappa shape index (κ2) is 5.70. The molecule has 1 atom stereocenters. The van der Waals surface area contributed by atoms with Gasteiger partial charge in [0.15, 0.2) is 0 Å². The Hall–Kier alpha value is -0.970. The van der Waals surface area contributed by atoms with Crippen molar-refractivity contribution in [2.45, 2.75) is 19.7 Å². The van der Waals surface area contributed by atoms with E-state index >= 15 is 0 Å². The van der Waals surface area contributed by atoms with Crippen molar-refractivity contribution in [2.75, 3.05) is 5.73 Å². The van der Waals surface area contributed by atoms with Crippen LogP contribution in [0.2, 0.25) is 0 Å². The fourth-order valence-electron chi connectivity index (χ4n) is 1.00. The van der Waals surface area contributed by atoms with E-state index in [2.05, 4.69) is 5.32 Å². The first kappa shape index (κ1) is 13.0. The molecule has 0 amide bonds. The Bertz CT molecular complexity index is 292. The first-order valence-electron chi connectivity index (χ1n) is 4.08. The fraction of sp³-hybridized carbons (Fsp3) is 0.333. The zero-order valence-corrected chi connectivity index (χ0v) is 8.71. The molecule has 0 aliphatic carbocycles. The summed E-state index contributed by atoms with van der Waals surface area (Å²) in [6.07, 6.45) is -0.596. The lowest BCUT2D eigenvalue weighted by Crippen LogP contribution is -2.24. The number of halogens is 1. The van der Waals surface area contributed by atoms with Crippen LogP contribution < -0.4 is 11.1 Å². The average molecular weight is 219 g/mol. The van der Waals surface area contributed by atoms with E-state index < -0.39 is 6.23 Å². The molecule has 0 heterocycles. The molecule has 1 aromatic rings. The van der Waals surface area contributed by atoms with Crippen LogP contribution in [0.1, 0.15) is 12.5 Å². The maximum atomic E-state index is 9.37. The lowest BCUT2D eigenvalue weighted by atomic mass is 10.2. The number of aliphatic hydroxyl groups is 1. The molecule has 80 valence electrons. The van der Waals surface area contributed by atoms with Gasteiger partial charge in [-0.15, -0.1) is 12.4 Å². The topological polar surface area (TPSA) is 78.5 Å². The largest absolute Gasteiger partial charge is 0.508 e. The second-order valence-corrected chi connectivity index (χ2v) is 2.95. The molecule has 0 saturated heterocycles. The highest BCUT2D eigenvalue weighted by Crippen LogP contribution is 2.19. The van der Waals surface area contributed by atoms with Crippen LogP contribution >= 0.6 is 12.4 Å². The smallest absolute Gasteiger partial charge is 0.120 e. The summed E-state index contributed by atoms with van der Waals surface area (Å²) in [7, 11) is 0. The Morgan fingerprint density at radius 3 is 2.71 bits per heavy atom. The molecule has 5 heteroatoms. The van der Waals surface area contributed by atoms with Crippen molar-refractivity contribution < 1.29 is 10.2 Å². The quantitative estimate of drug-likeness (QED) is 0.344. The minimum absolute atomic E-state index is 0. The number of anilines is 1. The molecule has 0 aliphatic rings. The maximum Gasteiger partial charge on any atom is 0.120 e. The Kier molecular flexibility index (Phi) is 5.30. The first-order valence-corrected chi connectivity index (χ1v) is 4.08. The molecule has 14 heavy (non-hydrogen) atoms. The van der Waals surface area contributed by atoms with Gasteiger partial charge < -0.3 is 15.9 Å². The van der Waals surface area contributed by atoms with Crippen molar-refractivity contribution in [1.82, 2.24) is 5.32 Å². The number of rotatable bonds is 3. The Labute approximate surface area is 89.2 Å². The van der Waals surface area contributed by atoms with Crippen molar-refractivity contribution in [2.24, 2.45) is 0 Å². The average Bonchev–Trinajstić information content (AvgIpc) is 2.06. The standard InChI is InChI=1S/C9H14N2O2.ClH/c1-6(12)11-5-7-4-8(10)2-3-9(7)13;/h2-4,6,11-13H,5,10H2,1H3;1H. The molecule has 4 nitrogen and oxygen atoms in total. The van der Waals surface area contributed by atoms with Gasteiger partial charge in [0.2, 0.25) is 0 Å². The molecule has 0 saturated carbocycles. The predicted octanol–water partition coefficient (Wildman–Crippen LogP) is 0.824. The zero-order valence-electron chi connectivity index (χ0n) is 7.90. The van der Waals surface area contributed by atoms with Gasteiger partial charge in [-0.1, -0.05) is 0 Å². The van der Waals surface area contributed by atoms with Gasteiger partial charge in [-0.25, -0.2) is 0 Å². The lowest BCUT2D eigenvalue weighted by Gasteiger charge is -2.09. The lowest BCUT2D eigenvalue weighted by molar-refractivity contribution is 0.154. The fourth-order valence-corrected chi connectivity index (χ4v) is 1.00. The number of benzene rings is 1. The molecule has 1 aromatic carbocycles. The van der Waals surface area contributed by atoms with Crippen LogP contribution in [0.5, 0.6) is 5.75 Å². The van der Waals surface area contributed by atoms with Crippen LogP contribution in [0.15, 0.2) is 18.2 Å². The molecular weight excluding hydrogens is 204 g/mol. The van der Waals surface area contributed by atoms with Crippen LogP contribution in [0, 0.1) is 0 Å². The summed E-state index contributed by atoms with van der Waals surface area (Å²) in [6, 6.07) is 4.83. The molecule has 0 spiro atoms. The first-order chi connectivity index (χ1) is 6.09. The summed E-state index contributed by atoms with van der Waals surface area (Å²) in [6.45, 7) is 2.01. The third-order valence-electron chi connectivity index (χ3n) is 1.69. The highest BCUT2D eigenvalue weighted by molar-refractivity contribution is 5.85. The molecule has 1 rings (SSSR count). The van der Waals surface area contributed by atoms with E-state index in [-0.39, 0.29) is 18.2 Å². The van der Waals surface area contributed by atoms with E-state index in [9.17, 15) is 5.11 Å². The van der Waals surface area contributed by atoms with E-state index in [1.807, 2.05) is 0 Å². The summed E-state index contributed by atoms with van der Waals surface area (Å²) in [5.41, 5.74) is 6.81. The molecular formula is C9H15ClN2O2. The maximum absolute atomic E-state index is 9.37. The number of hydrogen-bond donors (Lipinski definition) is 4. The molecule has 0 bridgehead atoms. The van der Waals surface area contributed by atoms with Gasteiger partial charge in [0, 0.05) is 17.8 Å². The second-order valence-electron chi connectivity index (χ2n) is 2.95. The summed E-state index contributed by atoms with van der Waals surface area (Å²) in [4.78, 5) is 0. The summed E-state index contributed by atoms with van der Waals surface area (Å²) in [5.74, 6) is 0.183. The molecule has 5 N–H and O–H groups in total. The number of nitrogens with one attached hydrogen (secondary N) is 1. The van der Waals surface area contributed by atoms with Gasteiger partial charge in [0.1, 0.15) is 12.0 Å². The number of aliphatic hydroxyl groups excluding tert-OH is 1. The van der Waals surface area contributed by atoms with Crippen LogP contribution in [0.25, 0.3) is 0 Å². The summed E-state index contributed by atoms with van der Waals surface area (Å²) < 4.78 is 0. The number of phenolic OH excluding ortho intramolecular Hbond substituents is 1. The van der Waals surface area contributed by atoms with Gasteiger partial charge in [0.05, 0.1) is 0 Å². The van der Waals surface area contributed by atoms with Gasteiger partial charge in [-0.3, -0.25) is 5.32 Å². The van der Waals surface area contributed by atoms with Crippen LogP contribution in [0.3, 0.4) is 0 Å². The highest BCUT2D eigenvalue weighted by Gasteiger charge is 2.02. The predicted molar refractivity (Wildman–Crippen MR) is 58.3 cm³/mol. The van der Waals surface area contributed by atoms with Crippen molar-refractivity contribution >= 4 is 18.1 Å². The van der Waals surface area contributed by atoms with Crippen LogP contribution in [-0.4, -0.2) is 16.4 Å². The molecule has 0 radical (unpaired) electrons. The third-order valence-corrected chi connectivity index (χ3v) is 1.69. The monoisotopic (exact) mass is 218 g/mol. The summed E-state index contributed by atoms with van der Waals surface area (Å²) >= 11 is 0. The van der Waals surface area contributed by atoms with Gasteiger partial charge in [0.25, 0.3) is 0 Å². The molecule has 0 fully saturated rings. The van der Waals surface area contributed by atoms with Gasteiger partial charge >= 0.3 is 0 Å². The zero-order chi connectivity index (χ0) is 9.84. The minimum atomic E-state index is -0.596. The van der Waals surface area contributed by atoms with E-state index in [4.69, 9.17) is 10.8 Å². The van der Waals surface area contributed by atoms with Crippen molar-refractivity contribution in [1.29, 1.82) is 0 Å². The van der Waals surface area contributed by atoms with Crippen molar-refractivity contribution in [3.8, 4) is 5.75 Å². The molecule has 0 aromatic heterocycles. The Balaban J connectivity index is 0.00000169. The number of phenols is 1. The minimum Gasteiger partial charge on any atom is -0.508 e. The van der Waals surface area contributed by atoms with Gasteiger partial charge in [-0.2, -0.15) is 0 Å². The SMILES string of the molecule is CC(O)NCc1cc(N)ccc1O.Cl. The number of nitrogens with two attached hydrogens (primary N) is 1. The van der Waals surface area contributed by atoms with Crippen LogP contribution in [0.4, 0.5) is 5.69 Å². The van der Waals surface area contributed by atoms with Gasteiger partial charge in [-0.05, 0) is 25.1 Å². The van der Waals surface area contributed by atoms with E-state index in [0.29, 0.717) is 17.8 Å². The van der Waals surface area contributed by atoms with Crippen molar-refractivity contribution in [3.63, 3.8) is 0 Å². The normalized spacial score (nSPS) is 11.9. The van der Waals surface area contributed by atoms with E-state index in [1.54, 1.807) is 19.1 Å². The third kappa shape index (κ3) is 3.83. The summed E-state index contributed by atoms with van der Waals surface area (Å²) in [5, 5.41) is 21.1. The number of aromatic hydroxyl groups is 1. The van der Waals surface area contributed by atoms with Crippen molar-refractivity contribution in [3.05, 3.63) is 23.8 Å². The van der Waals surface area contributed by atoms with E-state index in [0.717, 1.165) is 0 Å². The Morgan fingerprint density at radius 2 is 2.14 bits per heavy atom. The van der Waals surface area contributed by atoms with Crippen LogP contribution in [-0.2, 0) is 6.54 Å². The number of nitrogen functional groups attached to an aromatic ring is 1. The Morgan fingerprint density at radius 1 is 1.50 bits per heavy atom.